The maximum absolute atomic E-state index is 5.79. The Balaban J connectivity index is 2.99. The maximum Gasteiger partial charge on any atom is 0.127 e. The molecule has 0 radical (unpaired) electrons. The third-order valence-corrected chi connectivity index (χ3v) is 1.81. The van der Waals surface area contributed by atoms with Gasteiger partial charge in [0, 0.05) is 10.6 Å². The van der Waals surface area contributed by atoms with Crippen LogP contribution < -0.4 is 4.74 Å². The van der Waals surface area contributed by atoms with Gasteiger partial charge in [-0.25, -0.2) is 0 Å². The molecule has 0 aliphatic rings. The molecule has 0 aliphatic heterocycles. The van der Waals surface area contributed by atoms with E-state index in [9.17, 15) is 0 Å². The molecule has 0 atom stereocenters. The molecule has 0 amide bonds. The molecule has 0 unspecified atom stereocenters. The molecular weight excluding hydrogens is 188 g/mol. The van der Waals surface area contributed by atoms with Crippen LogP contribution in [0.5, 0.6) is 5.75 Å². The fourth-order valence-electron chi connectivity index (χ4n) is 0.964. The third kappa shape index (κ3) is 2.67. The molecule has 0 saturated heterocycles. The Kier molecular flexibility index (Phi) is 3.65. The van der Waals surface area contributed by atoms with Gasteiger partial charge in [0.25, 0.3) is 0 Å². The van der Waals surface area contributed by atoms with Crippen molar-refractivity contribution in [2.24, 2.45) is 0 Å². The average molecular weight is 199 g/mol. The van der Waals surface area contributed by atoms with E-state index in [1.54, 1.807) is 32.6 Å². The second-order valence-corrected chi connectivity index (χ2v) is 2.86. The first kappa shape index (κ1) is 9.93. The number of hydrogen-bond donors (Lipinski definition) is 0. The highest BCUT2D eigenvalue weighted by molar-refractivity contribution is 6.30. The lowest BCUT2D eigenvalue weighted by atomic mass is 10.2. The summed E-state index contributed by atoms with van der Waals surface area (Å²) in [5.41, 5.74) is 0.939. The quantitative estimate of drug-likeness (QED) is 0.696. The molecule has 1 aromatic carbocycles. The maximum atomic E-state index is 5.79. The lowest BCUT2D eigenvalue weighted by Crippen LogP contribution is -1.86. The fraction of sp³-hybridized carbons (Fsp3) is 0.200. The highest BCUT2D eigenvalue weighted by Gasteiger charge is 1.99. The van der Waals surface area contributed by atoms with Gasteiger partial charge in [-0.15, -0.1) is 0 Å². The summed E-state index contributed by atoms with van der Waals surface area (Å²) in [6, 6.07) is 5.44. The summed E-state index contributed by atoms with van der Waals surface area (Å²) >= 11 is 5.79. The van der Waals surface area contributed by atoms with Crippen LogP contribution in [-0.4, -0.2) is 14.2 Å². The summed E-state index contributed by atoms with van der Waals surface area (Å²) in [6.45, 7) is 0. The Morgan fingerprint density at radius 2 is 2.08 bits per heavy atom. The van der Waals surface area contributed by atoms with Crippen LogP contribution in [0.4, 0.5) is 0 Å². The van der Waals surface area contributed by atoms with Crippen LogP contribution in [0.3, 0.4) is 0 Å². The molecule has 2 nitrogen and oxygen atoms in total. The van der Waals surface area contributed by atoms with E-state index in [0.717, 1.165) is 11.3 Å². The summed E-state index contributed by atoms with van der Waals surface area (Å²) in [7, 11) is 3.20. The number of hydrogen-bond acceptors (Lipinski definition) is 2. The van der Waals surface area contributed by atoms with E-state index in [1.165, 1.54) is 0 Å². The van der Waals surface area contributed by atoms with Gasteiger partial charge >= 0.3 is 0 Å². The minimum Gasteiger partial charge on any atom is -0.504 e. The third-order valence-electron chi connectivity index (χ3n) is 1.58. The first-order valence-electron chi connectivity index (χ1n) is 3.81. The Morgan fingerprint density at radius 1 is 1.31 bits per heavy atom. The number of methoxy groups -OCH3 is 2. The van der Waals surface area contributed by atoms with Crippen LogP contribution >= 0.6 is 11.6 Å². The molecule has 1 rings (SSSR count). The van der Waals surface area contributed by atoms with Crippen molar-refractivity contribution in [3.8, 4) is 5.75 Å². The van der Waals surface area contributed by atoms with E-state index in [-0.39, 0.29) is 0 Å². The fourth-order valence-corrected chi connectivity index (χ4v) is 1.13. The van der Waals surface area contributed by atoms with Gasteiger partial charge in [0.2, 0.25) is 0 Å². The van der Waals surface area contributed by atoms with Gasteiger partial charge in [0.15, 0.2) is 0 Å². The predicted octanol–water partition coefficient (Wildman–Crippen LogP) is 2.97. The van der Waals surface area contributed by atoms with Gasteiger partial charge < -0.3 is 9.47 Å². The Morgan fingerprint density at radius 3 is 2.69 bits per heavy atom. The van der Waals surface area contributed by atoms with E-state index in [2.05, 4.69) is 0 Å². The number of halogens is 1. The summed E-state index contributed by atoms with van der Waals surface area (Å²) in [6.07, 6.45) is 3.40. The van der Waals surface area contributed by atoms with Crippen LogP contribution in [0, 0.1) is 0 Å². The Bertz CT molecular complexity index is 308. The second-order valence-electron chi connectivity index (χ2n) is 2.42. The molecule has 0 spiro atoms. The summed E-state index contributed by atoms with van der Waals surface area (Å²) in [5, 5.41) is 0.659. The highest BCUT2D eigenvalue weighted by Crippen LogP contribution is 2.23. The van der Waals surface area contributed by atoms with Crippen LogP contribution in [0.1, 0.15) is 5.56 Å². The van der Waals surface area contributed by atoms with Crippen molar-refractivity contribution in [2.45, 2.75) is 0 Å². The Labute approximate surface area is 82.7 Å². The zero-order valence-corrected chi connectivity index (χ0v) is 8.34. The van der Waals surface area contributed by atoms with Gasteiger partial charge in [-0.1, -0.05) is 11.6 Å². The molecule has 3 heteroatoms. The van der Waals surface area contributed by atoms with Crippen molar-refractivity contribution in [1.82, 2.24) is 0 Å². The van der Waals surface area contributed by atoms with E-state index in [4.69, 9.17) is 21.1 Å². The number of ether oxygens (including phenoxy) is 2. The first-order valence-corrected chi connectivity index (χ1v) is 4.18. The monoisotopic (exact) mass is 198 g/mol. The molecule has 0 aromatic heterocycles. The largest absolute Gasteiger partial charge is 0.504 e. The molecule has 1 aromatic rings. The minimum atomic E-state index is 0.659. The molecule has 70 valence electrons. The van der Waals surface area contributed by atoms with Crippen LogP contribution in [-0.2, 0) is 4.74 Å². The normalized spacial score (nSPS) is 10.4. The molecule has 0 bridgehead atoms. The average Bonchev–Trinajstić information content (AvgIpc) is 2.16. The van der Waals surface area contributed by atoms with Crippen molar-refractivity contribution < 1.29 is 9.47 Å². The minimum absolute atomic E-state index is 0.659. The van der Waals surface area contributed by atoms with Crippen molar-refractivity contribution >= 4 is 17.7 Å². The van der Waals surface area contributed by atoms with Crippen molar-refractivity contribution in [2.75, 3.05) is 14.2 Å². The SMILES string of the molecule is COC=Cc1ccc(Cl)cc1OC. The molecule has 0 N–H and O–H groups in total. The van der Waals surface area contributed by atoms with E-state index in [1.807, 2.05) is 12.1 Å². The van der Waals surface area contributed by atoms with E-state index >= 15 is 0 Å². The molecule has 13 heavy (non-hydrogen) atoms. The van der Waals surface area contributed by atoms with Crippen molar-refractivity contribution in [3.05, 3.63) is 35.0 Å². The van der Waals surface area contributed by atoms with Crippen LogP contribution in [0.2, 0.25) is 5.02 Å². The summed E-state index contributed by atoms with van der Waals surface area (Å²) in [5.74, 6) is 0.737. The van der Waals surface area contributed by atoms with Gasteiger partial charge in [0.1, 0.15) is 5.75 Å². The van der Waals surface area contributed by atoms with Crippen molar-refractivity contribution in [1.29, 1.82) is 0 Å². The van der Waals surface area contributed by atoms with Gasteiger partial charge in [0.05, 0.1) is 20.5 Å². The zero-order valence-electron chi connectivity index (χ0n) is 7.58. The lowest BCUT2D eigenvalue weighted by Gasteiger charge is -2.04. The van der Waals surface area contributed by atoms with Crippen LogP contribution in [0.15, 0.2) is 24.5 Å². The smallest absolute Gasteiger partial charge is 0.127 e. The Hall–Kier alpha value is -1.15. The lowest BCUT2D eigenvalue weighted by molar-refractivity contribution is 0.341. The first-order chi connectivity index (χ1) is 6.27. The van der Waals surface area contributed by atoms with Crippen LogP contribution in [0.25, 0.3) is 6.08 Å². The van der Waals surface area contributed by atoms with Gasteiger partial charge in [-0.3, -0.25) is 0 Å². The molecule has 0 aliphatic carbocycles. The number of rotatable bonds is 3. The summed E-state index contributed by atoms with van der Waals surface area (Å²) in [4.78, 5) is 0. The zero-order chi connectivity index (χ0) is 9.68. The predicted molar refractivity (Wildman–Crippen MR) is 54.0 cm³/mol. The second kappa shape index (κ2) is 4.77. The topological polar surface area (TPSA) is 18.5 Å². The molecule has 0 heterocycles. The van der Waals surface area contributed by atoms with E-state index < -0.39 is 0 Å². The molecule has 0 fully saturated rings. The van der Waals surface area contributed by atoms with Crippen molar-refractivity contribution in [3.63, 3.8) is 0 Å². The van der Waals surface area contributed by atoms with Gasteiger partial charge in [-0.2, -0.15) is 0 Å². The van der Waals surface area contributed by atoms with Gasteiger partial charge in [-0.05, 0) is 24.3 Å². The highest BCUT2D eigenvalue weighted by atomic mass is 35.5. The standard InChI is InChI=1S/C10H11ClO2/c1-12-6-5-8-3-4-9(11)7-10(8)13-2/h3-7H,1-2H3. The summed E-state index contributed by atoms with van der Waals surface area (Å²) < 4.78 is 9.94. The molecular formula is C10H11ClO2. The molecule has 0 saturated carbocycles. The number of benzene rings is 1. The van der Waals surface area contributed by atoms with E-state index in [0.29, 0.717) is 5.02 Å².